The van der Waals surface area contributed by atoms with Crippen molar-refractivity contribution in [3.8, 4) is 12.3 Å². The first-order chi connectivity index (χ1) is 21.2. The number of likely N-dealkylation sites (N-methyl/N-ethyl adjacent to an activating group) is 1. The fourth-order valence-electron chi connectivity index (χ4n) is 6.31. The van der Waals surface area contributed by atoms with Crippen molar-refractivity contribution in [2.45, 2.75) is 117 Å². The van der Waals surface area contributed by atoms with Crippen molar-refractivity contribution in [3.05, 3.63) is 23.8 Å². The van der Waals surface area contributed by atoms with E-state index in [-0.39, 0.29) is 32.2 Å². The molecule has 0 saturated carbocycles. The molecule has 0 aliphatic carbocycles. The van der Waals surface area contributed by atoms with Gasteiger partial charge in [-0.1, -0.05) is 51.8 Å². The Labute approximate surface area is 276 Å². The number of aliphatic hydroxyl groups excluding tert-OH is 4. The number of esters is 1. The van der Waals surface area contributed by atoms with Crippen LogP contribution in [0.3, 0.4) is 0 Å². The van der Waals surface area contributed by atoms with E-state index in [4.69, 9.17) is 20.6 Å². The van der Waals surface area contributed by atoms with E-state index in [2.05, 4.69) is 11.2 Å². The van der Waals surface area contributed by atoms with Crippen LogP contribution in [0.5, 0.6) is 0 Å². The normalized spacial score (nSPS) is 38.6. The van der Waals surface area contributed by atoms with Crippen molar-refractivity contribution in [2.75, 3.05) is 33.8 Å². The van der Waals surface area contributed by atoms with E-state index in [9.17, 15) is 30.0 Å². The number of ether oxygens (including phenoxy) is 3. The molecule has 2 aliphatic heterocycles. The van der Waals surface area contributed by atoms with E-state index in [1.807, 2.05) is 20.8 Å². The third-order valence-corrected chi connectivity index (χ3v) is 9.08. The number of allylic oxidation sites excluding steroid dienone is 3. The molecule has 0 amide bonds. The van der Waals surface area contributed by atoms with Gasteiger partial charge in [0.1, 0.15) is 12.2 Å². The van der Waals surface area contributed by atoms with Crippen LogP contribution in [0.1, 0.15) is 67.7 Å². The first kappa shape index (κ1) is 41.9. The Balaban J connectivity index is 0.0000106. The van der Waals surface area contributed by atoms with E-state index in [1.54, 1.807) is 45.0 Å². The van der Waals surface area contributed by atoms with E-state index in [1.165, 1.54) is 6.08 Å². The summed E-state index contributed by atoms with van der Waals surface area (Å²) in [4.78, 5) is 28.1. The number of cyclic esters (lactones) is 1. The van der Waals surface area contributed by atoms with Gasteiger partial charge in [-0.15, -0.1) is 6.42 Å². The van der Waals surface area contributed by atoms with Gasteiger partial charge in [0.25, 0.3) is 0 Å². The molecule has 264 valence electrons. The van der Waals surface area contributed by atoms with Crippen molar-refractivity contribution in [1.29, 1.82) is 0 Å². The molecule has 0 aromatic rings. The van der Waals surface area contributed by atoms with Gasteiger partial charge in [0.15, 0.2) is 12.1 Å². The number of aliphatic hydroxyl groups is 4. The summed E-state index contributed by atoms with van der Waals surface area (Å²) in [7, 11) is 3.50. The lowest BCUT2D eigenvalue weighted by Crippen LogP contribution is -2.63. The fourth-order valence-corrected chi connectivity index (χ4v) is 6.31. The smallest absolute Gasteiger partial charge is 0.308 e. The standard InChI is InChI=1S/C34H56N2O9.CH4/c1-9-14-35-15-13-24-17-21(4)26(38)12-11-20(3)16-25(19-37)28(10-2)44-29(40)18-27(39)22(5)33(24)45-34-32(42)30(36(7)8)31(41)23(6)43-34;/h1,11-12,16,21-25,27-28,30-35,37,39,41-42H,10,13-15,17-19H2,2-8H3;1H4/b12-11+,20-16+;/t21-,22+,23-,24+,25-,27-,28-,30?,31-,32?,33-,34+;/m1./s1. The molecule has 0 spiro atoms. The summed E-state index contributed by atoms with van der Waals surface area (Å²) >= 11 is 0. The summed E-state index contributed by atoms with van der Waals surface area (Å²) in [5.41, 5.74) is 0.747. The molecule has 11 heteroatoms. The summed E-state index contributed by atoms with van der Waals surface area (Å²) < 4.78 is 18.3. The highest BCUT2D eigenvalue weighted by atomic mass is 16.7. The van der Waals surface area contributed by atoms with Gasteiger partial charge in [-0.3, -0.25) is 9.59 Å². The van der Waals surface area contributed by atoms with Gasteiger partial charge < -0.3 is 44.9 Å². The number of terminal acetylenes is 1. The molecule has 2 aliphatic rings. The second-order valence-corrected chi connectivity index (χ2v) is 12.9. The molecule has 46 heavy (non-hydrogen) atoms. The first-order valence-corrected chi connectivity index (χ1v) is 16.1. The second-order valence-electron chi connectivity index (χ2n) is 12.9. The van der Waals surface area contributed by atoms with Crippen LogP contribution in [0.15, 0.2) is 23.8 Å². The lowest BCUT2D eigenvalue weighted by atomic mass is 9.79. The molecule has 2 unspecified atom stereocenters. The van der Waals surface area contributed by atoms with Crippen LogP contribution in [0.4, 0.5) is 0 Å². The molecule has 2 heterocycles. The van der Waals surface area contributed by atoms with Gasteiger partial charge >= 0.3 is 5.97 Å². The van der Waals surface area contributed by atoms with Crippen molar-refractivity contribution in [3.63, 3.8) is 0 Å². The average molecular weight is 653 g/mol. The Morgan fingerprint density at radius 3 is 2.39 bits per heavy atom. The maximum absolute atomic E-state index is 13.3. The predicted molar refractivity (Wildman–Crippen MR) is 177 cm³/mol. The minimum atomic E-state index is -1.22. The van der Waals surface area contributed by atoms with Crippen molar-refractivity contribution >= 4 is 11.8 Å². The number of rotatable bonds is 9. The number of carbonyl (C=O) groups is 2. The summed E-state index contributed by atoms with van der Waals surface area (Å²) in [5.74, 6) is -0.0561. The Hall–Kier alpha value is -2.14. The lowest BCUT2D eigenvalue weighted by Gasteiger charge is -2.46. The summed E-state index contributed by atoms with van der Waals surface area (Å²) in [6.45, 7) is 9.56. The van der Waals surface area contributed by atoms with Crippen LogP contribution in [0, 0.1) is 36.0 Å². The molecule has 0 radical (unpaired) electrons. The Morgan fingerprint density at radius 2 is 1.80 bits per heavy atom. The molecular weight excluding hydrogens is 592 g/mol. The number of nitrogens with zero attached hydrogens (tertiary/aromatic N) is 1. The molecule has 0 aromatic heterocycles. The maximum Gasteiger partial charge on any atom is 0.308 e. The number of carbonyl (C=O) groups excluding carboxylic acids is 2. The third kappa shape index (κ3) is 11.8. The Morgan fingerprint density at radius 1 is 1.13 bits per heavy atom. The monoisotopic (exact) mass is 652 g/mol. The van der Waals surface area contributed by atoms with Gasteiger partial charge in [0.2, 0.25) is 0 Å². The fraction of sp³-hybridized carbons (Fsp3) is 0.771. The molecule has 5 N–H and O–H groups in total. The SMILES string of the molecule is C.C#CCNCC[C@H]1C[C@@H](C)C(=O)/C=C/C(C)=C/[C@H](CO)[C@@H](CC)OC(=O)C[C@@H](O)[C@H](C)[C@H]1O[C@@H]1O[C@H](C)[C@@H](O)C(N(C)C)C1O. The molecular formula is C35H60N2O9. The summed E-state index contributed by atoms with van der Waals surface area (Å²) in [5, 5.41) is 46.7. The number of hydrogen-bond donors (Lipinski definition) is 5. The molecule has 11 nitrogen and oxygen atoms in total. The van der Waals surface area contributed by atoms with E-state index in [0.29, 0.717) is 32.4 Å². The van der Waals surface area contributed by atoms with E-state index in [0.717, 1.165) is 5.57 Å². The quantitative estimate of drug-likeness (QED) is 0.141. The molecule has 0 bridgehead atoms. The van der Waals surface area contributed by atoms with Crippen LogP contribution in [-0.4, -0.2) is 120 Å². The van der Waals surface area contributed by atoms with E-state index < -0.39 is 72.7 Å². The molecule has 1 saturated heterocycles. The van der Waals surface area contributed by atoms with Crippen LogP contribution in [0.25, 0.3) is 0 Å². The van der Waals surface area contributed by atoms with Gasteiger partial charge in [-0.05, 0) is 65.7 Å². The topological polar surface area (TPSA) is 158 Å². The predicted octanol–water partition coefficient (Wildman–Crippen LogP) is 2.06. The Kier molecular flexibility index (Phi) is 18.5. The highest BCUT2D eigenvalue weighted by Gasteiger charge is 2.47. The molecule has 1 fully saturated rings. The number of ketones is 1. The van der Waals surface area contributed by atoms with Crippen LogP contribution >= 0.6 is 0 Å². The zero-order valence-corrected chi connectivity index (χ0v) is 28.0. The van der Waals surface area contributed by atoms with Gasteiger partial charge in [-0.25, -0.2) is 0 Å². The van der Waals surface area contributed by atoms with Crippen LogP contribution < -0.4 is 5.32 Å². The lowest BCUT2D eigenvalue weighted by molar-refractivity contribution is -0.304. The minimum absolute atomic E-state index is 0. The average Bonchev–Trinajstić information content (AvgIpc) is 2.99. The maximum atomic E-state index is 13.3. The second kappa shape index (κ2) is 20.3. The highest BCUT2D eigenvalue weighted by molar-refractivity contribution is 5.91. The van der Waals surface area contributed by atoms with Crippen molar-refractivity contribution in [2.24, 2.45) is 23.7 Å². The highest BCUT2D eigenvalue weighted by Crippen LogP contribution is 2.34. The van der Waals surface area contributed by atoms with Crippen LogP contribution in [0.2, 0.25) is 0 Å². The van der Waals surface area contributed by atoms with Crippen molar-refractivity contribution in [1.82, 2.24) is 10.2 Å². The van der Waals surface area contributed by atoms with Gasteiger partial charge in [-0.2, -0.15) is 0 Å². The molecule has 0 aromatic carbocycles. The Bertz CT molecular complexity index is 1040. The third-order valence-electron chi connectivity index (χ3n) is 9.08. The minimum Gasteiger partial charge on any atom is -0.462 e. The summed E-state index contributed by atoms with van der Waals surface area (Å²) in [6, 6.07) is -0.678. The number of hydrogen-bond acceptors (Lipinski definition) is 11. The zero-order valence-electron chi connectivity index (χ0n) is 28.0. The number of nitrogens with one attached hydrogen (secondary N) is 1. The molecule has 12 atom stereocenters. The van der Waals surface area contributed by atoms with Crippen molar-refractivity contribution < 1.29 is 44.2 Å². The van der Waals surface area contributed by atoms with Gasteiger partial charge in [0.05, 0.1) is 50.0 Å². The largest absolute Gasteiger partial charge is 0.462 e. The summed E-state index contributed by atoms with van der Waals surface area (Å²) in [6.07, 6.45) is 4.87. The zero-order chi connectivity index (χ0) is 33.8. The molecule has 2 rings (SSSR count). The van der Waals surface area contributed by atoms with Crippen LogP contribution in [-0.2, 0) is 23.8 Å². The van der Waals surface area contributed by atoms with E-state index >= 15 is 0 Å². The van der Waals surface area contributed by atoms with Gasteiger partial charge in [0, 0.05) is 17.8 Å². The first-order valence-electron chi connectivity index (χ1n) is 16.1.